The van der Waals surface area contributed by atoms with Gasteiger partial charge in [-0.3, -0.25) is 9.20 Å². The maximum Gasteiger partial charge on any atom is 0.233 e. The number of pyridine rings is 1. The Morgan fingerprint density at radius 3 is 3.17 bits per heavy atom. The Hall–Kier alpha value is -1.49. The van der Waals surface area contributed by atoms with Crippen molar-refractivity contribution in [1.82, 2.24) is 14.7 Å². The second-order valence-electron chi connectivity index (χ2n) is 4.58. The van der Waals surface area contributed by atoms with Gasteiger partial charge < -0.3 is 5.32 Å². The maximum atomic E-state index is 11.9. The number of nitrogens with zero attached hydrogens (tertiary/aromatic N) is 2. The molecule has 94 valence electrons. The molecule has 1 amide bonds. The molecule has 1 atom stereocenters. The normalized spacial score (nSPS) is 16.7. The molecule has 0 radical (unpaired) electrons. The molecule has 2 aromatic rings. The third-order valence-corrected chi connectivity index (χ3v) is 4.06. The minimum Gasteiger partial charge on any atom is -0.352 e. The van der Waals surface area contributed by atoms with Crippen molar-refractivity contribution >= 4 is 23.2 Å². The molecule has 5 heteroatoms. The molecule has 2 aromatic heterocycles. The number of hydrogen-bond donors (Lipinski definition) is 1. The van der Waals surface area contributed by atoms with Crippen molar-refractivity contribution in [2.75, 3.05) is 0 Å². The number of aromatic nitrogens is 2. The van der Waals surface area contributed by atoms with Gasteiger partial charge in [-0.15, -0.1) is 0 Å². The fourth-order valence-corrected chi connectivity index (χ4v) is 2.65. The van der Waals surface area contributed by atoms with Crippen molar-refractivity contribution in [3.05, 3.63) is 30.6 Å². The zero-order valence-electron chi connectivity index (χ0n) is 10.2. The van der Waals surface area contributed by atoms with E-state index >= 15 is 0 Å². The molecule has 18 heavy (non-hydrogen) atoms. The summed E-state index contributed by atoms with van der Waals surface area (Å²) in [6.45, 7) is 1.92. The lowest BCUT2D eigenvalue weighted by atomic mass is 10.4. The molecular weight excluding hydrogens is 246 g/mol. The van der Waals surface area contributed by atoms with Crippen molar-refractivity contribution in [1.29, 1.82) is 0 Å². The van der Waals surface area contributed by atoms with Gasteiger partial charge in [0.05, 0.1) is 17.0 Å². The lowest BCUT2D eigenvalue weighted by molar-refractivity contribution is -0.120. The lowest BCUT2D eigenvalue weighted by Gasteiger charge is -2.10. The van der Waals surface area contributed by atoms with Crippen LogP contribution in [0, 0.1) is 0 Å². The van der Waals surface area contributed by atoms with E-state index < -0.39 is 0 Å². The minimum absolute atomic E-state index is 0.107. The Morgan fingerprint density at radius 1 is 1.56 bits per heavy atom. The van der Waals surface area contributed by atoms with Crippen LogP contribution in [0.15, 0.2) is 35.7 Å². The molecule has 1 N–H and O–H groups in total. The molecule has 0 saturated heterocycles. The number of carbonyl (C=O) groups excluding carboxylic acids is 1. The monoisotopic (exact) mass is 261 g/mol. The molecule has 0 aliphatic heterocycles. The number of thioether (sulfide) groups is 1. The summed E-state index contributed by atoms with van der Waals surface area (Å²) in [5, 5.41) is 3.77. The molecule has 0 aromatic carbocycles. The Balaban J connectivity index is 1.72. The second-order valence-corrected chi connectivity index (χ2v) is 5.89. The van der Waals surface area contributed by atoms with Gasteiger partial charge in [-0.05, 0) is 31.9 Å². The van der Waals surface area contributed by atoms with E-state index in [1.165, 1.54) is 11.8 Å². The summed E-state index contributed by atoms with van der Waals surface area (Å²) in [6.07, 6.45) is 6.04. The number of imidazole rings is 1. The standard InChI is InChI=1S/C13H15N3OS/c1-9(12(17)15-10-5-6-10)18-13-14-8-11-4-2-3-7-16(11)13/h2-4,7-10H,5-6H2,1H3,(H,15,17)/t9-/m0/s1. The van der Waals surface area contributed by atoms with E-state index in [0.29, 0.717) is 6.04 Å². The van der Waals surface area contributed by atoms with Gasteiger partial charge >= 0.3 is 0 Å². The molecule has 1 fully saturated rings. The Morgan fingerprint density at radius 2 is 2.39 bits per heavy atom. The van der Waals surface area contributed by atoms with Gasteiger partial charge in [0, 0.05) is 12.2 Å². The van der Waals surface area contributed by atoms with Crippen LogP contribution in [0.25, 0.3) is 5.52 Å². The third kappa shape index (κ3) is 2.36. The second kappa shape index (κ2) is 4.65. The summed E-state index contributed by atoms with van der Waals surface area (Å²) < 4.78 is 2.01. The van der Waals surface area contributed by atoms with E-state index in [0.717, 1.165) is 23.5 Å². The van der Waals surface area contributed by atoms with Crippen LogP contribution in [0.3, 0.4) is 0 Å². The zero-order valence-corrected chi connectivity index (χ0v) is 11.0. The van der Waals surface area contributed by atoms with E-state index in [4.69, 9.17) is 0 Å². The van der Waals surface area contributed by atoms with E-state index in [2.05, 4.69) is 10.3 Å². The quantitative estimate of drug-likeness (QED) is 0.857. The van der Waals surface area contributed by atoms with Gasteiger partial charge in [0.2, 0.25) is 5.91 Å². The summed E-state index contributed by atoms with van der Waals surface area (Å²) in [7, 11) is 0. The number of fused-ring (bicyclic) bond motifs is 1. The summed E-state index contributed by atoms with van der Waals surface area (Å²) in [4.78, 5) is 16.2. The Labute approximate surface area is 110 Å². The first kappa shape index (κ1) is 11.6. The Kier molecular flexibility index (Phi) is 2.99. The largest absolute Gasteiger partial charge is 0.352 e. The van der Waals surface area contributed by atoms with Crippen LogP contribution < -0.4 is 5.32 Å². The smallest absolute Gasteiger partial charge is 0.233 e. The van der Waals surface area contributed by atoms with Crippen molar-refractivity contribution in [2.24, 2.45) is 0 Å². The van der Waals surface area contributed by atoms with Crippen LogP contribution in [-0.2, 0) is 4.79 Å². The number of amides is 1. The average Bonchev–Trinajstić information content (AvgIpc) is 3.10. The summed E-state index contributed by atoms with van der Waals surface area (Å²) in [5.41, 5.74) is 1.05. The highest BCUT2D eigenvalue weighted by Crippen LogP contribution is 2.25. The van der Waals surface area contributed by atoms with E-state index in [1.54, 1.807) is 0 Å². The highest BCUT2D eigenvalue weighted by Gasteiger charge is 2.26. The molecule has 0 bridgehead atoms. The van der Waals surface area contributed by atoms with E-state index in [1.807, 2.05) is 41.9 Å². The third-order valence-electron chi connectivity index (χ3n) is 2.98. The number of hydrogen-bond acceptors (Lipinski definition) is 3. The summed E-state index contributed by atoms with van der Waals surface area (Å²) in [6, 6.07) is 6.37. The maximum absolute atomic E-state index is 11.9. The highest BCUT2D eigenvalue weighted by atomic mass is 32.2. The molecule has 2 heterocycles. The molecule has 3 rings (SSSR count). The number of nitrogens with one attached hydrogen (secondary N) is 1. The van der Waals surface area contributed by atoms with Crippen LogP contribution >= 0.6 is 11.8 Å². The van der Waals surface area contributed by atoms with Gasteiger partial charge in [0.15, 0.2) is 5.16 Å². The van der Waals surface area contributed by atoms with Crippen LogP contribution in [0.5, 0.6) is 0 Å². The fourth-order valence-electron chi connectivity index (χ4n) is 1.76. The molecule has 0 spiro atoms. The number of rotatable bonds is 4. The van der Waals surface area contributed by atoms with Crippen LogP contribution in [-0.4, -0.2) is 26.6 Å². The van der Waals surface area contributed by atoms with E-state index in [-0.39, 0.29) is 11.2 Å². The first-order valence-electron chi connectivity index (χ1n) is 6.13. The molecule has 4 nitrogen and oxygen atoms in total. The Bertz CT molecular complexity index is 576. The average molecular weight is 261 g/mol. The molecule has 0 unspecified atom stereocenters. The molecule has 1 aliphatic rings. The summed E-state index contributed by atoms with van der Waals surface area (Å²) in [5.74, 6) is 0.107. The van der Waals surface area contributed by atoms with Crippen LogP contribution in [0.2, 0.25) is 0 Å². The van der Waals surface area contributed by atoms with Crippen molar-refractivity contribution in [2.45, 2.75) is 36.2 Å². The summed E-state index contributed by atoms with van der Waals surface area (Å²) >= 11 is 1.50. The first-order valence-corrected chi connectivity index (χ1v) is 7.01. The van der Waals surface area contributed by atoms with Crippen LogP contribution in [0.1, 0.15) is 19.8 Å². The lowest BCUT2D eigenvalue weighted by Crippen LogP contribution is -2.32. The topological polar surface area (TPSA) is 46.4 Å². The van der Waals surface area contributed by atoms with Gasteiger partial charge in [0.1, 0.15) is 0 Å². The van der Waals surface area contributed by atoms with Gasteiger partial charge in [0.25, 0.3) is 0 Å². The predicted molar refractivity (Wildman–Crippen MR) is 71.7 cm³/mol. The SMILES string of the molecule is C[C@H](Sc1ncc2ccccn12)C(=O)NC1CC1. The first-order chi connectivity index (χ1) is 8.74. The van der Waals surface area contributed by atoms with Crippen molar-refractivity contribution < 1.29 is 4.79 Å². The van der Waals surface area contributed by atoms with E-state index in [9.17, 15) is 4.79 Å². The number of carbonyl (C=O) groups is 1. The fraction of sp³-hybridized carbons (Fsp3) is 0.385. The molecular formula is C13H15N3OS. The zero-order chi connectivity index (χ0) is 12.5. The molecule has 1 saturated carbocycles. The molecule has 1 aliphatic carbocycles. The van der Waals surface area contributed by atoms with Crippen molar-refractivity contribution in [3.63, 3.8) is 0 Å². The predicted octanol–water partition coefficient (Wildman–Crippen LogP) is 2.09. The van der Waals surface area contributed by atoms with Crippen LogP contribution in [0.4, 0.5) is 0 Å². The van der Waals surface area contributed by atoms with Gasteiger partial charge in [-0.1, -0.05) is 17.8 Å². The van der Waals surface area contributed by atoms with Gasteiger partial charge in [-0.2, -0.15) is 0 Å². The van der Waals surface area contributed by atoms with Crippen molar-refractivity contribution in [3.8, 4) is 0 Å². The highest BCUT2D eigenvalue weighted by molar-refractivity contribution is 8.00. The minimum atomic E-state index is -0.114. The van der Waals surface area contributed by atoms with Gasteiger partial charge in [-0.25, -0.2) is 4.98 Å².